The molecule has 5 rings (SSSR count). The number of hydrogen-bond acceptors (Lipinski definition) is 6. The van der Waals surface area contributed by atoms with Crippen molar-refractivity contribution in [2.45, 2.75) is 64.2 Å². The molecule has 0 radical (unpaired) electrons. The molecular weight excluding hydrogens is 459 g/mol. The Balaban J connectivity index is 1.53. The smallest absolute Gasteiger partial charge is 0.252 e. The quantitative estimate of drug-likeness (QED) is 0.358. The van der Waals surface area contributed by atoms with Crippen LogP contribution < -0.4 is 10.3 Å². The Labute approximate surface area is 209 Å². The molecule has 1 aliphatic carbocycles. The molecule has 188 valence electrons. The van der Waals surface area contributed by atoms with E-state index in [9.17, 15) is 9.18 Å². The van der Waals surface area contributed by atoms with Crippen molar-refractivity contribution in [3.8, 4) is 5.75 Å². The van der Waals surface area contributed by atoms with E-state index in [1.54, 1.807) is 19.2 Å². The van der Waals surface area contributed by atoms with Crippen LogP contribution in [-0.4, -0.2) is 37.2 Å². The molecule has 4 aromatic rings. The minimum atomic E-state index is -0.276. The molecule has 36 heavy (non-hydrogen) atoms. The third-order valence-electron chi connectivity index (χ3n) is 7.12. The van der Waals surface area contributed by atoms with Crippen LogP contribution in [-0.2, 0) is 13.1 Å². The third kappa shape index (κ3) is 5.02. The van der Waals surface area contributed by atoms with Crippen molar-refractivity contribution >= 4 is 10.9 Å². The van der Waals surface area contributed by atoms with Gasteiger partial charge in [0.05, 0.1) is 19.2 Å². The third-order valence-corrected chi connectivity index (χ3v) is 7.12. The fourth-order valence-electron chi connectivity index (χ4n) is 5.23. The SMILES string of the molecule is CCC(c1nnnn1C1CCCC1)N(Cc1ccc(F)cc1)Cc1cc2cc(OC)ccc2[nH]c1=O. The highest BCUT2D eigenvalue weighted by Gasteiger charge is 2.29. The minimum absolute atomic E-state index is 0.119. The van der Waals surface area contributed by atoms with Gasteiger partial charge in [-0.15, -0.1) is 5.10 Å². The lowest BCUT2D eigenvalue weighted by molar-refractivity contribution is 0.158. The molecule has 1 unspecified atom stereocenters. The van der Waals surface area contributed by atoms with Crippen molar-refractivity contribution in [1.29, 1.82) is 0 Å². The predicted octanol–water partition coefficient (Wildman–Crippen LogP) is 4.93. The topological polar surface area (TPSA) is 88.9 Å². The first-order chi connectivity index (χ1) is 17.6. The van der Waals surface area contributed by atoms with Crippen LogP contribution in [0.2, 0.25) is 0 Å². The number of pyridine rings is 1. The highest BCUT2D eigenvalue weighted by molar-refractivity contribution is 5.80. The van der Waals surface area contributed by atoms with Crippen LogP contribution in [0.25, 0.3) is 10.9 Å². The molecule has 2 aromatic carbocycles. The second-order valence-corrected chi connectivity index (χ2v) is 9.45. The number of methoxy groups -OCH3 is 1. The lowest BCUT2D eigenvalue weighted by Crippen LogP contribution is -2.32. The van der Waals surface area contributed by atoms with Crippen LogP contribution in [0.15, 0.2) is 53.3 Å². The largest absolute Gasteiger partial charge is 0.497 e. The van der Waals surface area contributed by atoms with Gasteiger partial charge in [0.25, 0.3) is 5.56 Å². The lowest BCUT2D eigenvalue weighted by atomic mass is 10.1. The van der Waals surface area contributed by atoms with Crippen molar-refractivity contribution in [1.82, 2.24) is 30.1 Å². The number of nitrogens with one attached hydrogen (secondary N) is 1. The van der Waals surface area contributed by atoms with Crippen LogP contribution in [0.4, 0.5) is 4.39 Å². The van der Waals surface area contributed by atoms with Gasteiger partial charge in [-0.2, -0.15) is 0 Å². The van der Waals surface area contributed by atoms with Crippen molar-refractivity contribution in [3.63, 3.8) is 0 Å². The normalized spacial score (nSPS) is 15.1. The van der Waals surface area contributed by atoms with E-state index < -0.39 is 0 Å². The van der Waals surface area contributed by atoms with Gasteiger partial charge in [0, 0.05) is 29.6 Å². The van der Waals surface area contributed by atoms with Crippen LogP contribution in [0, 0.1) is 5.82 Å². The number of aromatic amines is 1. The van der Waals surface area contributed by atoms with Gasteiger partial charge in [-0.3, -0.25) is 9.69 Å². The number of rotatable bonds is 9. The Morgan fingerprint density at radius 1 is 1.14 bits per heavy atom. The van der Waals surface area contributed by atoms with E-state index in [1.165, 1.54) is 25.0 Å². The molecule has 1 aliphatic rings. The van der Waals surface area contributed by atoms with E-state index in [1.807, 2.05) is 28.9 Å². The second-order valence-electron chi connectivity index (χ2n) is 9.45. The Kier molecular flexibility index (Phi) is 7.09. The number of tetrazole rings is 1. The Morgan fingerprint density at radius 3 is 2.64 bits per heavy atom. The van der Waals surface area contributed by atoms with E-state index in [0.29, 0.717) is 24.7 Å². The van der Waals surface area contributed by atoms with Crippen molar-refractivity contribution in [2.24, 2.45) is 0 Å². The number of benzene rings is 2. The molecule has 2 heterocycles. The number of fused-ring (bicyclic) bond motifs is 1. The summed E-state index contributed by atoms with van der Waals surface area (Å²) in [4.78, 5) is 18.3. The summed E-state index contributed by atoms with van der Waals surface area (Å²) >= 11 is 0. The zero-order valence-corrected chi connectivity index (χ0v) is 20.7. The number of hydrogen-bond donors (Lipinski definition) is 1. The van der Waals surface area contributed by atoms with Crippen molar-refractivity contribution < 1.29 is 9.13 Å². The summed E-state index contributed by atoms with van der Waals surface area (Å²) < 4.78 is 21.0. The zero-order valence-electron chi connectivity index (χ0n) is 20.7. The second kappa shape index (κ2) is 10.6. The molecule has 0 aliphatic heterocycles. The van der Waals surface area contributed by atoms with Crippen molar-refractivity contribution in [2.75, 3.05) is 7.11 Å². The van der Waals surface area contributed by atoms with Gasteiger partial charge < -0.3 is 9.72 Å². The first-order valence-corrected chi connectivity index (χ1v) is 12.5. The molecule has 9 heteroatoms. The number of aromatic nitrogens is 5. The predicted molar refractivity (Wildman–Crippen MR) is 135 cm³/mol. The van der Waals surface area contributed by atoms with E-state index in [4.69, 9.17) is 4.74 Å². The Hall–Kier alpha value is -3.59. The molecule has 2 aromatic heterocycles. The summed E-state index contributed by atoms with van der Waals surface area (Å²) in [5.41, 5.74) is 2.21. The van der Waals surface area contributed by atoms with Gasteiger partial charge in [0.2, 0.25) is 0 Å². The van der Waals surface area contributed by atoms with Crippen molar-refractivity contribution in [3.05, 3.63) is 81.7 Å². The average Bonchev–Trinajstić information content (AvgIpc) is 3.58. The molecule has 0 bridgehead atoms. The van der Waals surface area contributed by atoms with E-state index in [0.717, 1.165) is 47.3 Å². The first kappa shape index (κ1) is 24.1. The van der Waals surface area contributed by atoms with E-state index in [2.05, 4.69) is 32.3 Å². The summed E-state index contributed by atoms with van der Waals surface area (Å²) in [6.45, 7) is 3.01. The molecule has 0 amide bonds. The molecule has 1 N–H and O–H groups in total. The molecule has 8 nitrogen and oxygen atoms in total. The minimum Gasteiger partial charge on any atom is -0.497 e. The molecular formula is C27H31FN6O2. The van der Waals surface area contributed by atoms with Gasteiger partial charge in [-0.05, 0) is 71.7 Å². The number of ether oxygens (including phenoxy) is 1. The standard InChI is InChI=1S/C27H31FN6O2/c1-3-25(26-30-31-32-34(26)22-6-4-5-7-22)33(16-18-8-10-21(28)11-9-18)17-20-14-19-15-23(36-2)12-13-24(19)29-27(20)35/h8-15,22,25H,3-7,16-17H2,1-2H3,(H,29,35). The van der Waals surface area contributed by atoms with Gasteiger partial charge in [0.1, 0.15) is 11.6 Å². The number of H-pyrrole nitrogens is 1. The number of nitrogens with zero attached hydrogens (tertiary/aromatic N) is 5. The van der Waals surface area contributed by atoms with Crippen LogP contribution >= 0.6 is 0 Å². The lowest BCUT2D eigenvalue weighted by Gasteiger charge is -2.31. The van der Waals surface area contributed by atoms with Crippen LogP contribution in [0.3, 0.4) is 0 Å². The summed E-state index contributed by atoms with van der Waals surface area (Å²) in [6, 6.07) is 14.2. The molecule has 0 spiro atoms. The van der Waals surface area contributed by atoms with E-state index >= 15 is 0 Å². The Bertz CT molecular complexity index is 1380. The monoisotopic (exact) mass is 490 g/mol. The summed E-state index contributed by atoms with van der Waals surface area (Å²) in [5.74, 6) is 1.26. The molecule has 1 fully saturated rings. The molecule has 1 saturated carbocycles. The van der Waals surface area contributed by atoms with Gasteiger partial charge in [-0.25, -0.2) is 9.07 Å². The fourth-order valence-corrected chi connectivity index (χ4v) is 5.23. The highest BCUT2D eigenvalue weighted by atomic mass is 19.1. The summed E-state index contributed by atoms with van der Waals surface area (Å²) in [5, 5.41) is 13.7. The van der Waals surface area contributed by atoms with E-state index in [-0.39, 0.29) is 17.4 Å². The average molecular weight is 491 g/mol. The summed E-state index contributed by atoms with van der Waals surface area (Å²) in [7, 11) is 1.62. The van der Waals surface area contributed by atoms with Crippen LogP contribution in [0.1, 0.15) is 68.1 Å². The molecule has 1 atom stereocenters. The summed E-state index contributed by atoms with van der Waals surface area (Å²) in [6.07, 6.45) is 5.25. The maximum Gasteiger partial charge on any atom is 0.252 e. The molecule has 0 saturated heterocycles. The maximum atomic E-state index is 13.6. The first-order valence-electron chi connectivity index (χ1n) is 12.5. The Morgan fingerprint density at radius 2 is 1.92 bits per heavy atom. The highest BCUT2D eigenvalue weighted by Crippen LogP contribution is 2.33. The van der Waals surface area contributed by atoms with Crippen LogP contribution in [0.5, 0.6) is 5.75 Å². The van der Waals surface area contributed by atoms with Gasteiger partial charge >= 0.3 is 0 Å². The maximum absolute atomic E-state index is 13.6. The van der Waals surface area contributed by atoms with Gasteiger partial charge in [0.15, 0.2) is 5.82 Å². The zero-order chi connectivity index (χ0) is 25.1. The fraction of sp³-hybridized carbons (Fsp3) is 0.407. The van der Waals surface area contributed by atoms with Gasteiger partial charge in [-0.1, -0.05) is 31.9 Å². The number of halogens is 1.